The number of carbonyl (C=O) groups is 1. The van der Waals surface area contributed by atoms with E-state index >= 15 is 0 Å². The number of benzene rings is 2. The lowest BCUT2D eigenvalue weighted by Gasteiger charge is -2.18. The van der Waals surface area contributed by atoms with Gasteiger partial charge in [0.05, 0.1) is 19.7 Å². The molecule has 0 atom stereocenters. The van der Waals surface area contributed by atoms with E-state index in [0.717, 1.165) is 5.56 Å². The van der Waals surface area contributed by atoms with Crippen LogP contribution in [0.15, 0.2) is 53.5 Å². The summed E-state index contributed by atoms with van der Waals surface area (Å²) in [5.41, 5.74) is 1.46. The highest BCUT2D eigenvalue weighted by molar-refractivity contribution is 5.86. The molecule has 7 nitrogen and oxygen atoms in total. The number of aliphatic imine (C=N–C) groups is 1. The molecule has 1 amide bonds. The SMILES string of the molecule is CCOc1cccc(CNC(=NCc2ccccc2)NCC(=O)N(C)C)c1OC(F)F. The number of guanidine groups is 1. The van der Waals surface area contributed by atoms with Gasteiger partial charge in [-0.1, -0.05) is 42.5 Å². The van der Waals surface area contributed by atoms with Gasteiger partial charge < -0.3 is 25.0 Å². The molecular weight excluding hydrogens is 406 g/mol. The van der Waals surface area contributed by atoms with Gasteiger partial charge >= 0.3 is 6.61 Å². The Labute approximate surface area is 181 Å². The standard InChI is InChI=1S/C22H28F2N4O3/c1-4-30-18-12-8-11-17(20(18)31-21(23)24)14-26-22(27-15-19(29)28(2)3)25-13-16-9-6-5-7-10-16/h5-12,21H,4,13-15H2,1-3H3,(H2,25,26,27). The number of rotatable bonds is 10. The van der Waals surface area contributed by atoms with Crippen LogP contribution in [0.3, 0.4) is 0 Å². The number of carbonyl (C=O) groups excluding carboxylic acids is 1. The minimum absolute atomic E-state index is 0.0290. The Morgan fingerprint density at radius 3 is 2.48 bits per heavy atom. The van der Waals surface area contributed by atoms with Crippen LogP contribution < -0.4 is 20.1 Å². The fourth-order valence-electron chi connectivity index (χ4n) is 2.62. The van der Waals surface area contributed by atoms with E-state index in [4.69, 9.17) is 9.47 Å². The minimum atomic E-state index is -2.98. The van der Waals surface area contributed by atoms with Crippen molar-refractivity contribution in [1.82, 2.24) is 15.5 Å². The quantitative estimate of drug-likeness (QED) is 0.444. The number of nitrogens with one attached hydrogen (secondary N) is 2. The molecule has 0 saturated carbocycles. The Bertz CT molecular complexity index is 861. The number of likely N-dealkylation sites (N-methyl/N-ethyl adjacent to an activating group) is 1. The first-order valence-electron chi connectivity index (χ1n) is 9.86. The Kier molecular flexibility index (Phi) is 9.54. The van der Waals surface area contributed by atoms with Crippen LogP contribution in [0.2, 0.25) is 0 Å². The predicted molar refractivity (Wildman–Crippen MR) is 115 cm³/mol. The maximum absolute atomic E-state index is 12.9. The predicted octanol–water partition coefficient (Wildman–Crippen LogP) is 3.01. The van der Waals surface area contributed by atoms with E-state index in [1.807, 2.05) is 30.3 Å². The molecular formula is C22H28F2N4O3. The van der Waals surface area contributed by atoms with E-state index in [1.54, 1.807) is 39.2 Å². The molecule has 31 heavy (non-hydrogen) atoms. The zero-order chi connectivity index (χ0) is 22.6. The van der Waals surface area contributed by atoms with E-state index in [0.29, 0.717) is 24.7 Å². The Morgan fingerprint density at radius 2 is 1.84 bits per heavy atom. The van der Waals surface area contributed by atoms with Crippen LogP contribution >= 0.6 is 0 Å². The summed E-state index contributed by atoms with van der Waals surface area (Å²) < 4.78 is 36.0. The third-order valence-corrected chi connectivity index (χ3v) is 4.18. The molecule has 0 bridgehead atoms. The molecule has 0 spiro atoms. The van der Waals surface area contributed by atoms with Gasteiger partial charge in [0.2, 0.25) is 5.91 Å². The summed E-state index contributed by atoms with van der Waals surface area (Å²) in [6.45, 7) is -0.355. The first-order valence-corrected chi connectivity index (χ1v) is 9.86. The van der Waals surface area contributed by atoms with Crippen molar-refractivity contribution < 1.29 is 23.0 Å². The molecule has 168 valence electrons. The maximum Gasteiger partial charge on any atom is 0.387 e. The number of hydrogen-bond donors (Lipinski definition) is 2. The van der Waals surface area contributed by atoms with E-state index in [9.17, 15) is 13.6 Å². The van der Waals surface area contributed by atoms with Gasteiger partial charge in [0.15, 0.2) is 17.5 Å². The van der Waals surface area contributed by atoms with Crippen LogP contribution in [0, 0.1) is 0 Å². The van der Waals surface area contributed by atoms with Gasteiger partial charge in [-0.3, -0.25) is 4.79 Å². The number of alkyl halides is 2. The summed E-state index contributed by atoms with van der Waals surface area (Å²) in [7, 11) is 3.32. The molecule has 2 aromatic rings. The van der Waals surface area contributed by atoms with E-state index in [2.05, 4.69) is 15.6 Å². The van der Waals surface area contributed by atoms with Crippen molar-refractivity contribution in [3.63, 3.8) is 0 Å². The van der Waals surface area contributed by atoms with Gasteiger partial charge in [-0.05, 0) is 18.6 Å². The van der Waals surface area contributed by atoms with E-state index < -0.39 is 6.61 Å². The summed E-state index contributed by atoms with van der Waals surface area (Å²) in [5.74, 6) is 0.442. The molecule has 0 unspecified atom stereocenters. The molecule has 2 rings (SSSR count). The highest BCUT2D eigenvalue weighted by Gasteiger charge is 2.16. The molecule has 2 aromatic carbocycles. The average Bonchev–Trinajstić information content (AvgIpc) is 2.75. The molecule has 0 radical (unpaired) electrons. The summed E-state index contributed by atoms with van der Waals surface area (Å²) in [6.07, 6.45) is 0. The fourth-order valence-corrected chi connectivity index (χ4v) is 2.62. The van der Waals surface area contributed by atoms with Gasteiger partial charge in [-0.15, -0.1) is 0 Å². The van der Waals surface area contributed by atoms with Crippen LogP contribution in [-0.4, -0.2) is 50.6 Å². The number of amides is 1. The van der Waals surface area contributed by atoms with E-state index in [-0.39, 0.29) is 30.5 Å². The first-order chi connectivity index (χ1) is 14.9. The fraction of sp³-hybridized carbons (Fsp3) is 0.364. The molecule has 0 aliphatic carbocycles. The van der Waals surface area contributed by atoms with Crippen LogP contribution in [0.25, 0.3) is 0 Å². The normalized spacial score (nSPS) is 11.2. The van der Waals surface area contributed by atoms with Crippen LogP contribution in [0.1, 0.15) is 18.1 Å². The molecule has 9 heteroatoms. The number of para-hydroxylation sites is 1. The van der Waals surface area contributed by atoms with Crippen molar-refractivity contribution in [2.45, 2.75) is 26.6 Å². The van der Waals surface area contributed by atoms with Crippen LogP contribution in [0.5, 0.6) is 11.5 Å². The monoisotopic (exact) mass is 434 g/mol. The number of halogens is 2. The molecule has 0 saturated heterocycles. The summed E-state index contributed by atoms with van der Waals surface area (Å²) >= 11 is 0. The lowest BCUT2D eigenvalue weighted by molar-refractivity contribution is -0.127. The average molecular weight is 434 g/mol. The topological polar surface area (TPSA) is 75.2 Å². The van der Waals surface area contributed by atoms with Crippen molar-refractivity contribution in [2.24, 2.45) is 4.99 Å². The molecule has 0 heterocycles. The Hall–Kier alpha value is -3.36. The minimum Gasteiger partial charge on any atom is -0.490 e. The molecule has 0 fully saturated rings. The Balaban J connectivity index is 2.18. The van der Waals surface area contributed by atoms with Crippen molar-refractivity contribution in [3.8, 4) is 11.5 Å². The smallest absolute Gasteiger partial charge is 0.387 e. The van der Waals surface area contributed by atoms with Gasteiger partial charge in [0, 0.05) is 26.2 Å². The highest BCUT2D eigenvalue weighted by atomic mass is 19.3. The van der Waals surface area contributed by atoms with Gasteiger partial charge in [-0.25, -0.2) is 4.99 Å². The zero-order valence-corrected chi connectivity index (χ0v) is 17.9. The van der Waals surface area contributed by atoms with Crippen molar-refractivity contribution >= 4 is 11.9 Å². The van der Waals surface area contributed by atoms with Gasteiger partial charge in [0.25, 0.3) is 0 Å². The maximum atomic E-state index is 12.9. The van der Waals surface area contributed by atoms with Crippen molar-refractivity contribution in [1.29, 1.82) is 0 Å². The molecule has 0 aliphatic heterocycles. The van der Waals surface area contributed by atoms with Crippen LogP contribution in [0.4, 0.5) is 8.78 Å². The Morgan fingerprint density at radius 1 is 1.10 bits per heavy atom. The van der Waals surface area contributed by atoms with Crippen molar-refractivity contribution in [2.75, 3.05) is 27.2 Å². The number of ether oxygens (including phenoxy) is 2. The largest absolute Gasteiger partial charge is 0.490 e. The second-order valence-corrected chi connectivity index (χ2v) is 6.70. The third-order valence-electron chi connectivity index (χ3n) is 4.18. The lowest BCUT2D eigenvalue weighted by Crippen LogP contribution is -2.42. The molecule has 0 aliphatic rings. The van der Waals surface area contributed by atoms with E-state index in [1.165, 1.54) is 4.90 Å². The summed E-state index contributed by atoms with van der Waals surface area (Å²) in [5, 5.41) is 6.04. The van der Waals surface area contributed by atoms with Gasteiger partial charge in [0.1, 0.15) is 0 Å². The number of nitrogens with zero attached hydrogens (tertiary/aromatic N) is 2. The number of hydrogen-bond acceptors (Lipinski definition) is 4. The second kappa shape index (κ2) is 12.4. The third kappa shape index (κ3) is 8.12. The summed E-state index contributed by atoms with van der Waals surface area (Å²) in [4.78, 5) is 17.9. The zero-order valence-electron chi connectivity index (χ0n) is 17.9. The molecule has 2 N–H and O–H groups in total. The van der Waals surface area contributed by atoms with Crippen LogP contribution in [-0.2, 0) is 17.9 Å². The first kappa shape index (κ1) is 23.9. The van der Waals surface area contributed by atoms with Crippen molar-refractivity contribution in [3.05, 3.63) is 59.7 Å². The highest BCUT2D eigenvalue weighted by Crippen LogP contribution is 2.32. The van der Waals surface area contributed by atoms with Gasteiger partial charge in [-0.2, -0.15) is 8.78 Å². The summed E-state index contributed by atoms with van der Waals surface area (Å²) in [6, 6.07) is 14.5. The lowest BCUT2D eigenvalue weighted by atomic mass is 10.2. The molecule has 0 aromatic heterocycles. The second-order valence-electron chi connectivity index (χ2n) is 6.70.